The van der Waals surface area contributed by atoms with E-state index < -0.39 is 5.97 Å². The van der Waals surface area contributed by atoms with Gasteiger partial charge in [0.2, 0.25) is 5.76 Å². The van der Waals surface area contributed by atoms with Crippen LogP contribution in [0.3, 0.4) is 0 Å². The van der Waals surface area contributed by atoms with E-state index >= 15 is 0 Å². The van der Waals surface area contributed by atoms with Crippen LogP contribution in [-0.4, -0.2) is 16.9 Å². The minimum absolute atomic E-state index is 0.0330. The van der Waals surface area contributed by atoms with Crippen LogP contribution in [0.5, 0.6) is 5.75 Å². The van der Waals surface area contributed by atoms with Crippen LogP contribution >= 0.6 is 0 Å². The van der Waals surface area contributed by atoms with E-state index in [1.165, 1.54) is 12.1 Å². The van der Waals surface area contributed by atoms with Crippen molar-refractivity contribution in [3.63, 3.8) is 0 Å². The molecule has 1 aromatic heterocycles. The number of aliphatic hydroxyl groups is 1. The molecule has 25 heavy (non-hydrogen) atoms. The zero-order valence-corrected chi connectivity index (χ0v) is 13.3. The number of rotatable bonds is 6. The predicted octanol–water partition coefficient (Wildman–Crippen LogP) is 3.42. The Labute approximate surface area is 144 Å². The third-order valence-corrected chi connectivity index (χ3v) is 3.62. The molecule has 126 valence electrons. The van der Waals surface area contributed by atoms with E-state index in [4.69, 9.17) is 14.3 Å². The number of hydrogen-bond acceptors (Lipinski definition) is 5. The molecule has 0 spiro atoms. The quantitative estimate of drug-likeness (QED) is 0.424. The summed E-state index contributed by atoms with van der Waals surface area (Å²) < 4.78 is 10.5. The van der Waals surface area contributed by atoms with Crippen molar-refractivity contribution in [3.05, 3.63) is 89.4 Å². The average Bonchev–Trinajstić information content (AvgIpc) is 3.12. The van der Waals surface area contributed by atoms with Gasteiger partial charge in [0.1, 0.15) is 18.1 Å². The highest BCUT2D eigenvalue weighted by Crippen LogP contribution is 2.22. The highest BCUT2D eigenvalue weighted by atomic mass is 16.5. The predicted molar refractivity (Wildman–Crippen MR) is 90.5 cm³/mol. The SMILES string of the molecule is O=C(Oc1ccccc1C(=O)Cc1ccccc1)c1ccc(CO)o1. The monoisotopic (exact) mass is 336 g/mol. The molecule has 3 aromatic rings. The Hall–Kier alpha value is -3.18. The van der Waals surface area contributed by atoms with Gasteiger partial charge >= 0.3 is 5.97 Å². The van der Waals surface area contributed by atoms with Gasteiger partial charge in [0.25, 0.3) is 0 Å². The molecular formula is C20H16O5. The Morgan fingerprint density at radius 2 is 1.64 bits per heavy atom. The molecule has 3 rings (SSSR count). The summed E-state index contributed by atoms with van der Waals surface area (Å²) in [5, 5.41) is 8.99. The molecular weight excluding hydrogens is 320 g/mol. The van der Waals surface area contributed by atoms with Crippen LogP contribution in [-0.2, 0) is 13.0 Å². The van der Waals surface area contributed by atoms with Crippen molar-refractivity contribution in [2.45, 2.75) is 13.0 Å². The number of furan rings is 1. The first-order valence-corrected chi connectivity index (χ1v) is 7.75. The summed E-state index contributed by atoms with van der Waals surface area (Å²) in [5.74, 6) is -0.463. The number of Topliss-reactive ketones (excluding diaryl/α,β-unsaturated/α-hetero) is 1. The molecule has 2 aromatic carbocycles. The summed E-state index contributed by atoms with van der Waals surface area (Å²) in [6.45, 7) is -0.306. The van der Waals surface area contributed by atoms with E-state index in [0.29, 0.717) is 5.56 Å². The Morgan fingerprint density at radius 3 is 2.36 bits per heavy atom. The molecule has 0 saturated heterocycles. The van der Waals surface area contributed by atoms with E-state index in [0.717, 1.165) is 5.56 Å². The van der Waals surface area contributed by atoms with Gasteiger partial charge in [0.15, 0.2) is 5.78 Å². The number of carbonyl (C=O) groups excluding carboxylic acids is 2. The van der Waals surface area contributed by atoms with Gasteiger partial charge in [-0.05, 0) is 29.8 Å². The molecule has 0 fully saturated rings. The van der Waals surface area contributed by atoms with Gasteiger partial charge in [-0.25, -0.2) is 4.79 Å². The van der Waals surface area contributed by atoms with E-state index in [1.807, 2.05) is 30.3 Å². The van der Waals surface area contributed by atoms with E-state index in [-0.39, 0.29) is 36.1 Å². The van der Waals surface area contributed by atoms with Crippen molar-refractivity contribution >= 4 is 11.8 Å². The molecule has 0 amide bonds. The number of ether oxygens (including phenoxy) is 1. The first kappa shape index (κ1) is 16.7. The number of hydrogen-bond donors (Lipinski definition) is 1. The lowest BCUT2D eigenvalue weighted by molar-refractivity contribution is 0.0694. The van der Waals surface area contributed by atoms with Crippen LogP contribution in [0.4, 0.5) is 0 Å². The maximum atomic E-state index is 12.6. The van der Waals surface area contributed by atoms with Crippen LogP contribution in [0, 0.1) is 0 Å². The Balaban J connectivity index is 1.78. The van der Waals surface area contributed by atoms with Gasteiger partial charge in [0, 0.05) is 6.42 Å². The van der Waals surface area contributed by atoms with Gasteiger partial charge in [-0.2, -0.15) is 0 Å². The van der Waals surface area contributed by atoms with Crippen molar-refractivity contribution in [3.8, 4) is 5.75 Å². The smallest absolute Gasteiger partial charge is 0.379 e. The minimum atomic E-state index is -0.723. The number of ketones is 1. The van der Waals surface area contributed by atoms with Crippen molar-refractivity contribution in [1.82, 2.24) is 0 Å². The fourth-order valence-electron chi connectivity index (χ4n) is 2.39. The topological polar surface area (TPSA) is 76.7 Å². The maximum absolute atomic E-state index is 12.6. The second kappa shape index (κ2) is 7.59. The number of esters is 1. The summed E-state index contributed by atoms with van der Waals surface area (Å²) in [6.07, 6.45) is 0.213. The fraction of sp³-hybridized carbons (Fsp3) is 0.100. The van der Waals surface area contributed by atoms with E-state index in [2.05, 4.69) is 0 Å². The lowest BCUT2D eigenvalue weighted by Gasteiger charge is -2.08. The third kappa shape index (κ3) is 4.02. The summed E-state index contributed by atoms with van der Waals surface area (Å²) in [4.78, 5) is 24.7. The molecule has 5 heteroatoms. The van der Waals surface area contributed by atoms with Crippen LogP contribution < -0.4 is 4.74 Å². The lowest BCUT2D eigenvalue weighted by Crippen LogP contribution is -2.12. The van der Waals surface area contributed by atoms with Crippen molar-refractivity contribution < 1.29 is 23.8 Å². The van der Waals surface area contributed by atoms with E-state index in [9.17, 15) is 9.59 Å². The summed E-state index contributed by atoms with van der Waals surface area (Å²) in [7, 11) is 0. The second-order valence-corrected chi connectivity index (χ2v) is 5.40. The molecule has 0 atom stereocenters. The molecule has 0 saturated carbocycles. The van der Waals surface area contributed by atoms with Crippen molar-refractivity contribution in [2.75, 3.05) is 0 Å². The maximum Gasteiger partial charge on any atom is 0.379 e. The molecule has 0 aliphatic rings. The summed E-state index contributed by atoms with van der Waals surface area (Å²) in [5.41, 5.74) is 1.21. The summed E-state index contributed by atoms with van der Waals surface area (Å²) >= 11 is 0. The molecule has 0 unspecified atom stereocenters. The largest absolute Gasteiger partial charge is 0.452 e. The van der Waals surface area contributed by atoms with Gasteiger partial charge < -0.3 is 14.3 Å². The summed E-state index contributed by atoms with van der Waals surface area (Å²) in [6, 6.07) is 18.8. The van der Waals surface area contributed by atoms with Gasteiger partial charge in [-0.15, -0.1) is 0 Å². The third-order valence-electron chi connectivity index (χ3n) is 3.62. The fourth-order valence-corrected chi connectivity index (χ4v) is 2.39. The van der Waals surface area contributed by atoms with Crippen molar-refractivity contribution in [2.24, 2.45) is 0 Å². The van der Waals surface area contributed by atoms with Crippen LogP contribution in [0.2, 0.25) is 0 Å². The number of benzene rings is 2. The first-order chi connectivity index (χ1) is 12.2. The number of aliphatic hydroxyl groups excluding tert-OH is 1. The molecule has 0 aliphatic heterocycles. The van der Waals surface area contributed by atoms with Crippen LogP contribution in [0.1, 0.15) is 32.2 Å². The normalized spacial score (nSPS) is 10.4. The molecule has 1 heterocycles. The van der Waals surface area contributed by atoms with Gasteiger partial charge in [-0.3, -0.25) is 4.79 Å². The molecule has 1 N–H and O–H groups in total. The number of para-hydroxylation sites is 1. The average molecular weight is 336 g/mol. The Bertz CT molecular complexity index is 880. The lowest BCUT2D eigenvalue weighted by atomic mass is 10.0. The Morgan fingerprint density at radius 1 is 0.920 bits per heavy atom. The molecule has 0 radical (unpaired) electrons. The molecule has 0 bridgehead atoms. The molecule has 5 nitrogen and oxygen atoms in total. The molecule has 0 aliphatic carbocycles. The van der Waals surface area contributed by atoms with Gasteiger partial charge in [0.05, 0.1) is 5.56 Å². The van der Waals surface area contributed by atoms with Crippen LogP contribution in [0.15, 0.2) is 71.1 Å². The zero-order valence-electron chi connectivity index (χ0n) is 13.3. The Kier molecular flexibility index (Phi) is 5.06. The first-order valence-electron chi connectivity index (χ1n) is 7.75. The van der Waals surface area contributed by atoms with Gasteiger partial charge in [-0.1, -0.05) is 42.5 Å². The highest BCUT2D eigenvalue weighted by molar-refractivity contribution is 6.01. The van der Waals surface area contributed by atoms with Crippen LogP contribution in [0.25, 0.3) is 0 Å². The van der Waals surface area contributed by atoms with E-state index in [1.54, 1.807) is 24.3 Å². The van der Waals surface area contributed by atoms with Crippen molar-refractivity contribution in [1.29, 1.82) is 0 Å². The second-order valence-electron chi connectivity index (χ2n) is 5.40. The minimum Gasteiger partial charge on any atom is -0.452 e. The highest BCUT2D eigenvalue weighted by Gasteiger charge is 2.18. The zero-order chi connectivity index (χ0) is 17.6. The number of carbonyl (C=O) groups is 2. The standard InChI is InChI=1S/C20H16O5/c21-13-15-10-11-19(24-15)20(23)25-18-9-5-4-8-16(18)17(22)12-14-6-2-1-3-7-14/h1-11,21H,12-13H2.